The van der Waals surface area contributed by atoms with E-state index in [-0.39, 0.29) is 17.9 Å². The number of hydrogen-bond acceptors (Lipinski definition) is 3. The minimum absolute atomic E-state index is 0.0487. The summed E-state index contributed by atoms with van der Waals surface area (Å²) in [7, 11) is 1.67. The molecule has 3 rings (SSSR count). The molecule has 1 saturated heterocycles. The van der Waals surface area contributed by atoms with E-state index in [2.05, 4.69) is 5.32 Å². The first-order valence-corrected chi connectivity index (χ1v) is 5.94. The van der Waals surface area contributed by atoms with Gasteiger partial charge in [0.05, 0.1) is 0 Å². The van der Waals surface area contributed by atoms with Crippen LogP contribution < -0.4 is 11.1 Å². The summed E-state index contributed by atoms with van der Waals surface area (Å²) < 4.78 is 0. The number of nitrogens with one attached hydrogen (secondary N) is 1. The zero-order valence-electron chi connectivity index (χ0n) is 10.4. The summed E-state index contributed by atoms with van der Waals surface area (Å²) in [6, 6.07) is 5.35. The molecule has 5 heteroatoms. The Morgan fingerprint density at radius 3 is 2.78 bits per heavy atom. The quantitative estimate of drug-likeness (QED) is 0.525. The number of nitrogens with zero attached hydrogens (tertiary/aromatic N) is 1. The third kappa shape index (κ3) is 1.11. The molecule has 0 bridgehead atoms. The fourth-order valence-corrected chi connectivity index (χ4v) is 3.19. The SMILES string of the molecule is CC1c2cc(N)ccc2CC12C(=O)NC(=O)N2C. The summed E-state index contributed by atoms with van der Waals surface area (Å²) >= 11 is 0. The largest absolute Gasteiger partial charge is 0.399 e. The third-order valence-corrected chi connectivity index (χ3v) is 4.33. The highest BCUT2D eigenvalue weighted by Crippen LogP contribution is 2.46. The van der Waals surface area contributed by atoms with E-state index in [9.17, 15) is 9.59 Å². The van der Waals surface area contributed by atoms with Crippen molar-refractivity contribution in [3.63, 3.8) is 0 Å². The Morgan fingerprint density at radius 1 is 1.44 bits per heavy atom. The molecule has 1 aromatic rings. The third-order valence-electron chi connectivity index (χ3n) is 4.33. The molecule has 3 N–H and O–H groups in total. The molecule has 18 heavy (non-hydrogen) atoms. The number of nitrogens with two attached hydrogens (primary N) is 1. The van der Waals surface area contributed by atoms with E-state index in [1.807, 2.05) is 25.1 Å². The van der Waals surface area contributed by atoms with Gasteiger partial charge in [0.25, 0.3) is 5.91 Å². The van der Waals surface area contributed by atoms with Gasteiger partial charge < -0.3 is 10.6 Å². The van der Waals surface area contributed by atoms with Crippen molar-refractivity contribution in [2.45, 2.75) is 24.8 Å². The minimum Gasteiger partial charge on any atom is -0.399 e. The Bertz CT molecular complexity index is 569. The Balaban J connectivity index is 2.14. The fraction of sp³-hybridized carbons (Fsp3) is 0.385. The number of anilines is 1. The number of fused-ring (bicyclic) bond motifs is 1. The second-order valence-electron chi connectivity index (χ2n) is 5.10. The van der Waals surface area contributed by atoms with Crippen LogP contribution in [-0.4, -0.2) is 29.4 Å². The van der Waals surface area contributed by atoms with Gasteiger partial charge in [-0.15, -0.1) is 0 Å². The van der Waals surface area contributed by atoms with Crippen LogP contribution in [-0.2, 0) is 11.2 Å². The minimum atomic E-state index is -0.785. The Hall–Kier alpha value is -2.04. The van der Waals surface area contributed by atoms with Gasteiger partial charge in [0.1, 0.15) is 5.54 Å². The number of benzene rings is 1. The number of amides is 3. The van der Waals surface area contributed by atoms with Gasteiger partial charge in [0.2, 0.25) is 0 Å². The van der Waals surface area contributed by atoms with Gasteiger partial charge in [0.15, 0.2) is 0 Å². The first-order chi connectivity index (χ1) is 8.46. The Kier molecular flexibility index (Phi) is 2.00. The van der Waals surface area contributed by atoms with Crippen molar-refractivity contribution in [3.8, 4) is 0 Å². The van der Waals surface area contributed by atoms with E-state index in [0.717, 1.165) is 11.1 Å². The molecule has 2 atom stereocenters. The van der Waals surface area contributed by atoms with Gasteiger partial charge in [-0.3, -0.25) is 10.1 Å². The summed E-state index contributed by atoms with van der Waals surface area (Å²) in [5.41, 5.74) is 7.85. The number of carbonyl (C=O) groups excluding carboxylic acids is 2. The van der Waals surface area contributed by atoms with Gasteiger partial charge in [-0.05, 0) is 23.3 Å². The molecule has 0 radical (unpaired) electrons. The normalized spacial score (nSPS) is 29.9. The molecule has 1 fully saturated rings. The number of carbonyl (C=O) groups is 2. The van der Waals surface area contributed by atoms with E-state index >= 15 is 0 Å². The second-order valence-corrected chi connectivity index (χ2v) is 5.10. The lowest BCUT2D eigenvalue weighted by Crippen LogP contribution is -2.50. The monoisotopic (exact) mass is 245 g/mol. The van der Waals surface area contributed by atoms with Crippen molar-refractivity contribution in [1.29, 1.82) is 0 Å². The predicted octanol–water partition coefficient (Wildman–Crippen LogP) is 0.849. The van der Waals surface area contributed by atoms with Crippen LogP contribution in [0, 0.1) is 0 Å². The topological polar surface area (TPSA) is 75.4 Å². The lowest BCUT2D eigenvalue weighted by atomic mass is 9.85. The van der Waals surface area contributed by atoms with E-state index < -0.39 is 5.54 Å². The van der Waals surface area contributed by atoms with Crippen LogP contribution in [0.15, 0.2) is 18.2 Å². The lowest BCUT2D eigenvalue weighted by molar-refractivity contribution is -0.126. The van der Waals surface area contributed by atoms with Crippen molar-refractivity contribution in [2.75, 3.05) is 12.8 Å². The number of rotatable bonds is 0. The number of hydrogen-bond donors (Lipinski definition) is 2. The maximum absolute atomic E-state index is 12.2. The first-order valence-electron chi connectivity index (χ1n) is 5.94. The summed E-state index contributed by atoms with van der Waals surface area (Å²) in [6.45, 7) is 1.97. The molecule has 1 heterocycles. The van der Waals surface area contributed by atoms with Crippen LogP contribution in [0.3, 0.4) is 0 Å². The van der Waals surface area contributed by atoms with Crippen LogP contribution in [0.1, 0.15) is 24.0 Å². The van der Waals surface area contributed by atoms with Gasteiger partial charge in [-0.2, -0.15) is 0 Å². The molecule has 1 aromatic carbocycles. The van der Waals surface area contributed by atoms with Crippen molar-refractivity contribution >= 4 is 17.6 Å². The number of nitrogen functional groups attached to an aromatic ring is 1. The molecular formula is C13H15N3O2. The van der Waals surface area contributed by atoms with Crippen molar-refractivity contribution < 1.29 is 9.59 Å². The molecule has 2 unspecified atom stereocenters. The first kappa shape index (κ1) is 11.1. The van der Waals surface area contributed by atoms with Crippen LogP contribution in [0.4, 0.5) is 10.5 Å². The molecule has 1 aliphatic heterocycles. The number of likely N-dealkylation sites (N-methyl/N-ethyl adjacent to an activating group) is 1. The summed E-state index contributed by atoms with van der Waals surface area (Å²) in [4.78, 5) is 25.4. The molecule has 94 valence electrons. The van der Waals surface area contributed by atoms with E-state index in [4.69, 9.17) is 5.73 Å². The van der Waals surface area contributed by atoms with E-state index in [1.54, 1.807) is 7.05 Å². The summed E-state index contributed by atoms with van der Waals surface area (Å²) in [5.74, 6) is -0.260. The maximum atomic E-state index is 12.2. The molecular weight excluding hydrogens is 230 g/mol. The molecule has 3 amide bonds. The van der Waals surface area contributed by atoms with Crippen LogP contribution in [0.25, 0.3) is 0 Å². The average Bonchev–Trinajstić information content (AvgIpc) is 2.73. The highest BCUT2D eigenvalue weighted by atomic mass is 16.2. The van der Waals surface area contributed by atoms with Crippen molar-refractivity contribution in [2.24, 2.45) is 0 Å². The van der Waals surface area contributed by atoms with Gasteiger partial charge in [0, 0.05) is 25.1 Å². The van der Waals surface area contributed by atoms with Gasteiger partial charge >= 0.3 is 6.03 Å². The zero-order valence-corrected chi connectivity index (χ0v) is 10.4. The van der Waals surface area contributed by atoms with Gasteiger partial charge in [-0.1, -0.05) is 13.0 Å². The van der Waals surface area contributed by atoms with Crippen LogP contribution >= 0.6 is 0 Å². The number of imide groups is 1. The summed E-state index contributed by atoms with van der Waals surface area (Å²) in [6.07, 6.45) is 0.553. The van der Waals surface area contributed by atoms with Crippen LogP contribution in [0.2, 0.25) is 0 Å². The predicted molar refractivity (Wildman–Crippen MR) is 67.0 cm³/mol. The molecule has 2 aliphatic rings. The summed E-state index contributed by atoms with van der Waals surface area (Å²) in [5, 5.41) is 2.40. The van der Waals surface area contributed by atoms with Crippen LogP contribution in [0.5, 0.6) is 0 Å². The van der Waals surface area contributed by atoms with Crippen molar-refractivity contribution in [3.05, 3.63) is 29.3 Å². The second kappa shape index (κ2) is 3.25. The Labute approximate surface area is 105 Å². The standard InChI is InChI=1S/C13H15N3O2/c1-7-10-5-9(14)4-3-8(10)6-13(7)11(17)15-12(18)16(13)2/h3-5,7H,6,14H2,1-2H3,(H,15,17,18). The van der Waals surface area contributed by atoms with Crippen molar-refractivity contribution in [1.82, 2.24) is 10.2 Å². The smallest absolute Gasteiger partial charge is 0.324 e. The molecule has 0 saturated carbocycles. The zero-order chi connectivity index (χ0) is 13.1. The molecule has 1 spiro atoms. The lowest BCUT2D eigenvalue weighted by Gasteiger charge is -2.32. The molecule has 1 aliphatic carbocycles. The Morgan fingerprint density at radius 2 is 2.17 bits per heavy atom. The van der Waals surface area contributed by atoms with E-state index in [0.29, 0.717) is 12.1 Å². The highest BCUT2D eigenvalue weighted by molar-refractivity contribution is 6.08. The highest BCUT2D eigenvalue weighted by Gasteiger charge is 2.58. The van der Waals surface area contributed by atoms with Gasteiger partial charge in [-0.25, -0.2) is 4.79 Å². The number of urea groups is 1. The molecule has 0 aromatic heterocycles. The fourth-order valence-electron chi connectivity index (χ4n) is 3.19. The maximum Gasteiger partial charge on any atom is 0.324 e. The molecule has 5 nitrogen and oxygen atoms in total. The van der Waals surface area contributed by atoms with E-state index in [1.165, 1.54) is 4.90 Å². The average molecular weight is 245 g/mol.